The van der Waals surface area contributed by atoms with Crippen molar-refractivity contribution < 1.29 is 4.39 Å². The molecule has 0 amide bonds. The maximum absolute atomic E-state index is 13.6. The van der Waals surface area contributed by atoms with Gasteiger partial charge in [0.2, 0.25) is 0 Å². The van der Waals surface area contributed by atoms with Gasteiger partial charge in [0.15, 0.2) is 0 Å². The average Bonchev–Trinajstić information content (AvgIpc) is 3.11. The molecule has 1 unspecified atom stereocenters. The molecule has 7 heteroatoms. The standard InChI is InChI=1S/C19H20FN5.ClH/c20-16-5-1-3-14(9-16)19-12-22-7-8-25(19)13-17-10-18(24-23-17)15-4-2-6-21-11-15;/h1-6,9-11,19,22H,7-8,12-13H2,(H,23,24);1H. The number of nitrogens with zero attached hydrogens (tertiary/aromatic N) is 3. The van der Waals surface area contributed by atoms with Gasteiger partial charge >= 0.3 is 0 Å². The molecule has 2 N–H and O–H groups in total. The minimum Gasteiger partial charge on any atom is -0.314 e. The van der Waals surface area contributed by atoms with E-state index in [1.807, 2.05) is 18.2 Å². The lowest BCUT2D eigenvalue weighted by Crippen LogP contribution is -2.45. The van der Waals surface area contributed by atoms with E-state index in [1.165, 1.54) is 6.07 Å². The molecule has 0 spiro atoms. The lowest BCUT2D eigenvalue weighted by Gasteiger charge is -2.36. The maximum Gasteiger partial charge on any atom is 0.123 e. The zero-order valence-corrected chi connectivity index (χ0v) is 15.0. The highest BCUT2D eigenvalue weighted by molar-refractivity contribution is 5.85. The van der Waals surface area contributed by atoms with Crippen molar-refractivity contribution in [1.29, 1.82) is 0 Å². The van der Waals surface area contributed by atoms with Crippen molar-refractivity contribution in [2.45, 2.75) is 12.6 Å². The van der Waals surface area contributed by atoms with E-state index < -0.39 is 0 Å². The van der Waals surface area contributed by atoms with Crippen LogP contribution in [0.25, 0.3) is 11.3 Å². The molecule has 0 saturated carbocycles. The Morgan fingerprint density at radius 3 is 2.92 bits per heavy atom. The molecular formula is C19H21ClFN5. The second kappa shape index (κ2) is 8.40. The van der Waals surface area contributed by atoms with Gasteiger partial charge in [-0.15, -0.1) is 12.4 Å². The molecule has 3 aromatic rings. The third-order valence-corrected chi connectivity index (χ3v) is 4.55. The van der Waals surface area contributed by atoms with E-state index >= 15 is 0 Å². The molecule has 26 heavy (non-hydrogen) atoms. The van der Waals surface area contributed by atoms with Crippen LogP contribution in [0.4, 0.5) is 4.39 Å². The molecule has 1 atom stereocenters. The van der Waals surface area contributed by atoms with Crippen LogP contribution in [-0.4, -0.2) is 39.7 Å². The highest BCUT2D eigenvalue weighted by Crippen LogP contribution is 2.25. The molecule has 1 aliphatic rings. The third-order valence-electron chi connectivity index (χ3n) is 4.55. The lowest BCUT2D eigenvalue weighted by atomic mass is 10.0. The average molecular weight is 374 g/mol. The van der Waals surface area contributed by atoms with Gasteiger partial charge < -0.3 is 5.32 Å². The minimum atomic E-state index is -0.191. The number of H-pyrrole nitrogens is 1. The predicted octanol–water partition coefficient (Wildman–Crippen LogP) is 3.18. The van der Waals surface area contributed by atoms with E-state index in [2.05, 4.69) is 31.5 Å². The first-order valence-electron chi connectivity index (χ1n) is 8.44. The second-order valence-electron chi connectivity index (χ2n) is 6.27. The molecule has 1 saturated heterocycles. The second-order valence-corrected chi connectivity index (χ2v) is 6.27. The lowest BCUT2D eigenvalue weighted by molar-refractivity contribution is 0.151. The Balaban J connectivity index is 0.00000196. The smallest absolute Gasteiger partial charge is 0.123 e. The summed E-state index contributed by atoms with van der Waals surface area (Å²) in [6, 6.07) is 13.0. The van der Waals surface area contributed by atoms with E-state index in [1.54, 1.807) is 24.5 Å². The Kier molecular flexibility index (Phi) is 5.98. The van der Waals surface area contributed by atoms with Crippen molar-refractivity contribution >= 4 is 12.4 Å². The summed E-state index contributed by atoms with van der Waals surface area (Å²) in [5.74, 6) is -0.191. The van der Waals surface area contributed by atoms with Gasteiger partial charge in [-0.3, -0.25) is 15.0 Å². The number of rotatable bonds is 4. The molecule has 1 aliphatic heterocycles. The normalized spacial score (nSPS) is 17.7. The van der Waals surface area contributed by atoms with Gasteiger partial charge in [-0.1, -0.05) is 12.1 Å². The number of piperazine rings is 1. The topological polar surface area (TPSA) is 56.8 Å². The molecule has 5 nitrogen and oxygen atoms in total. The molecule has 2 aromatic heterocycles. The van der Waals surface area contributed by atoms with Crippen molar-refractivity contribution in [3.05, 3.63) is 71.9 Å². The van der Waals surface area contributed by atoms with Gasteiger partial charge in [0.25, 0.3) is 0 Å². The van der Waals surface area contributed by atoms with E-state index in [0.29, 0.717) is 0 Å². The Morgan fingerprint density at radius 1 is 1.19 bits per heavy atom. The quantitative estimate of drug-likeness (QED) is 0.737. The summed E-state index contributed by atoms with van der Waals surface area (Å²) in [5, 5.41) is 10.9. The molecule has 1 aromatic carbocycles. The summed E-state index contributed by atoms with van der Waals surface area (Å²) in [6.07, 6.45) is 3.56. The van der Waals surface area contributed by atoms with Gasteiger partial charge in [-0.05, 0) is 35.9 Å². The molecule has 3 heterocycles. The van der Waals surface area contributed by atoms with Crippen LogP contribution in [0.2, 0.25) is 0 Å². The van der Waals surface area contributed by atoms with Crippen LogP contribution in [0.1, 0.15) is 17.3 Å². The monoisotopic (exact) mass is 373 g/mol. The van der Waals surface area contributed by atoms with Crippen LogP contribution in [0.5, 0.6) is 0 Å². The van der Waals surface area contributed by atoms with E-state index in [4.69, 9.17) is 0 Å². The number of aromatic amines is 1. The highest BCUT2D eigenvalue weighted by Gasteiger charge is 2.24. The molecule has 136 valence electrons. The number of nitrogens with one attached hydrogen (secondary N) is 2. The zero-order chi connectivity index (χ0) is 17.1. The summed E-state index contributed by atoms with van der Waals surface area (Å²) >= 11 is 0. The van der Waals surface area contributed by atoms with Crippen LogP contribution >= 0.6 is 12.4 Å². The SMILES string of the molecule is Cl.Fc1cccc(C2CNCCN2Cc2cc(-c3cccnc3)n[nH]2)c1. The summed E-state index contributed by atoms with van der Waals surface area (Å²) in [4.78, 5) is 6.49. The van der Waals surface area contributed by atoms with Crippen LogP contribution in [0.3, 0.4) is 0 Å². The number of hydrogen-bond donors (Lipinski definition) is 2. The summed E-state index contributed by atoms with van der Waals surface area (Å²) in [7, 11) is 0. The molecule has 1 fully saturated rings. The van der Waals surface area contributed by atoms with Crippen LogP contribution in [0, 0.1) is 5.82 Å². The number of pyridine rings is 1. The number of aromatic nitrogens is 3. The Bertz CT molecular complexity index is 839. The van der Waals surface area contributed by atoms with Crippen molar-refractivity contribution in [3.63, 3.8) is 0 Å². The Labute approximate surface area is 158 Å². The van der Waals surface area contributed by atoms with Crippen molar-refractivity contribution in [3.8, 4) is 11.3 Å². The largest absolute Gasteiger partial charge is 0.314 e. The van der Waals surface area contributed by atoms with Gasteiger partial charge in [-0.25, -0.2) is 4.39 Å². The molecule has 4 rings (SSSR count). The Hall–Kier alpha value is -2.28. The minimum absolute atomic E-state index is 0. The fourth-order valence-corrected chi connectivity index (χ4v) is 3.30. The van der Waals surface area contributed by atoms with Crippen molar-refractivity contribution in [2.24, 2.45) is 0 Å². The maximum atomic E-state index is 13.6. The van der Waals surface area contributed by atoms with E-state index in [9.17, 15) is 4.39 Å². The van der Waals surface area contributed by atoms with Crippen molar-refractivity contribution in [2.75, 3.05) is 19.6 Å². The predicted molar refractivity (Wildman–Crippen MR) is 101 cm³/mol. The summed E-state index contributed by atoms with van der Waals surface area (Å²) in [5.41, 5.74) is 3.92. The number of hydrogen-bond acceptors (Lipinski definition) is 4. The van der Waals surface area contributed by atoms with Gasteiger partial charge in [0, 0.05) is 55.9 Å². The van der Waals surface area contributed by atoms with Crippen LogP contribution in [0.15, 0.2) is 54.9 Å². The molecule has 0 aliphatic carbocycles. The van der Waals surface area contributed by atoms with E-state index in [-0.39, 0.29) is 24.3 Å². The summed E-state index contributed by atoms with van der Waals surface area (Å²) in [6.45, 7) is 3.39. The molecular weight excluding hydrogens is 353 g/mol. The van der Waals surface area contributed by atoms with Gasteiger partial charge in [0.05, 0.1) is 5.69 Å². The highest BCUT2D eigenvalue weighted by atomic mass is 35.5. The summed E-state index contributed by atoms with van der Waals surface area (Å²) < 4.78 is 13.6. The zero-order valence-electron chi connectivity index (χ0n) is 14.2. The third kappa shape index (κ3) is 4.09. The number of benzene rings is 1. The fraction of sp³-hybridized carbons (Fsp3) is 0.263. The van der Waals surface area contributed by atoms with Gasteiger partial charge in [0.1, 0.15) is 5.82 Å². The first kappa shape index (κ1) is 18.5. The van der Waals surface area contributed by atoms with Crippen LogP contribution in [-0.2, 0) is 6.54 Å². The van der Waals surface area contributed by atoms with E-state index in [0.717, 1.165) is 48.7 Å². The first-order valence-corrected chi connectivity index (χ1v) is 8.44. The fourth-order valence-electron chi connectivity index (χ4n) is 3.30. The van der Waals surface area contributed by atoms with Gasteiger partial charge in [-0.2, -0.15) is 5.10 Å². The Morgan fingerprint density at radius 2 is 2.12 bits per heavy atom. The first-order chi connectivity index (χ1) is 12.3. The molecule has 0 radical (unpaired) electrons. The molecule has 0 bridgehead atoms. The van der Waals surface area contributed by atoms with Crippen molar-refractivity contribution in [1.82, 2.24) is 25.4 Å². The number of halogens is 2. The van der Waals surface area contributed by atoms with Crippen LogP contribution < -0.4 is 5.32 Å².